The summed E-state index contributed by atoms with van der Waals surface area (Å²) < 4.78 is 1.09. The van der Waals surface area contributed by atoms with E-state index in [1.165, 1.54) is 0 Å². The number of thiophene rings is 1. The predicted octanol–water partition coefficient (Wildman–Crippen LogP) is 3.50. The van der Waals surface area contributed by atoms with E-state index in [2.05, 4.69) is 27.9 Å². The number of carbonyl (C=O) groups is 1. The largest absolute Gasteiger partial charge is 0.398 e. The number of hydrogen-bond acceptors (Lipinski definition) is 3. The average molecular weight is 358 g/mol. The first kappa shape index (κ1) is 12.4. The van der Waals surface area contributed by atoms with Gasteiger partial charge in [-0.05, 0) is 53.3 Å². The van der Waals surface area contributed by atoms with E-state index >= 15 is 0 Å². The zero-order valence-corrected chi connectivity index (χ0v) is 12.1. The maximum atomic E-state index is 11.9. The molecule has 0 aliphatic heterocycles. The van der Waals surface area contributed by atoms with Gasteiger partial charge in [0.2, 0.25) is 0 Å². The van der Waals surface area contributed by atoms with Crippen LogP contribution in [0.15, 0.2) is 29.6 Å². The summed E-state index contributed by atoms with van der Waals surface area (Å²) in [7, 11) is 0. The molecule has 0 aliphatic rings. The Morgan fingerprint density at radius 2 is 2.18 bits per heavy atom. The van der Waals surface area contributed by atoms with Crippen molar-refractivity contribution < 1.29 is 4.79 Å². The van der Waals surface area contributed by atoms with Gasteiger partial charge in [-0.25, -0.2) is 0 Å². The number of rotatable bonds is 2. The Labute approximate surface area is 117 Å². The Morgan fingerprint density at radius 1 is 1.41 bits per heavy atom. The minimum Gasteiger partial charge on any atom is -0.398 e. The van der Waals surface area contributed by atoms with E-state index in [0.717, 1.165) is 14.1 Å². The van der Waals surface area contributed by atoms with Crippen molar-refractivity contribution in [3.63, 3.8) is 0 Å². The van der Waals surface area contributed by atoms with Gasteiger partial charge in [0.05, 0.1) is 8.45 Å². The molecule has 0 saturated carbocycles. The summed E-state index contributed by atoms with van der Waals surface area (Å²) >= 11 is 3.74. The molecule has 3 nitrogen and oxygen atoms in total. The van der Waals surface area contributed by atoms with Crippen molar-refractivity contribution in [2.45, 2.75) is 6.92 Å². The number of aryl methyl sites for hydroxylation is 1. The van der Waals surface area contributed by atoms with Crippen molar-refractivity contribution >= 4 is 51.2 Å². The van der Waals surface area contributed by atoms with Crippen LogP contribution in [0.2, 0.25) is 0 Å². The van der Waals surface area contributed by atoms with E-state index in [9.17, 15) is 4.79 Å². The quantitative estimate of drug-likeness (QED) is 0.638. The minimum atomic E-state index is -0.104. The number of halogens is 1. The van der Waals surface area contributed by atoms with Crippen molar-refractivity contribution in [2.75, 3.05) is 11.1 Å². The Hall–Kier alpha value is -1.08. The standard InChI is InChI=1S/C12H11IN2OS/c1-7-2-3-9(5-10(7)14)15-12(16)8-4-11(13)17-6-8/h2-6H,14H2,1H3,(H,15,16). The van der Waals surface area contributed by atoms with Gasteiger partial charge in [0.15, 0.2) is 0 Å². The topological polar surface area (TPSA) is 55.1 Å². The lowest BCUT2D eigenvalue weighted by Gasteiger charge is -2.06. The molecule has 0 unspecified atom stereocenters. The number of carbonyl (C=O) groups excluding carboxylic acids is 1. The van der Waals surface area contributed by atoms with Crippen LogP contribution in [0.4, 0.5) is 11.4 Å². The second kappa shape index (κ2) is 5.05. The first-order valence-corrected chi connectivity index (χ1v) is 6.93. The van der Waals surface area contributed by atoms with Gasteiger partial charge in [-0.1, -0.05) is 6.07 Å². The lowest BCUT2D eigenvalue weighted by molar-refractivity contribution is 0.102. The van der Waals surface area contributed by atoms with Gasteiger partial charge in [0, 0.05) is 16.8 Å². The monoisotopic (exact) mass is 358 g/mol. The van der Waals surface area contributed by atoms with Gasteiger partial charge in [-0.3, -0.25) is 4.79 Å². The highest BCUT2D eigenvalue weighted by Crippen LogP contribution is 2.20. The molecular weight excluding hydrogens is 347 g/mol. The van der Waals surface area contributed by atoms with Crippen LogP contribution in [0.3, 0.4) is 0 Å². The zero-order valence-electron chi connectivity index (χ0n) is 9.16. The molecule has 0 atom stereocenters. The van der Waals surface area contributed by atoms with Gasteiger partial charge in [-0.15, -0.1) is 11.3 Å². The molecular formula is C12H11IN2OS. The van der Waals surface area contributed by atoms with Crippen molar-refractivity contribution in [3.8, 4) is 0 Å². The first-order chi connectivity index (χ1) is 8.06. The second-order valence-electron chi connectivity index (χ2n) is 3.66. The van der Waals surface area contributed by atoms with Gasteiger partial charge in [0.25, 0.3) is 5.91 Å². The molecule has 5 heteroatoms. The average Bonchev–Trinajstić information content (AvgIpc) is 2.70. The van der Waals surface area contributed by atoms with Crippen LogP contribution in [0, 0.1) is 9.81 Å². The Morgan fingerprint density at radius 3 is 2.76 bits per heavy atom. The van der Waals surface area contributed by atoms with Gasteiger partial charge < -0.3 is 11.1 Å². The van der Waals surface area contributed by atoms with Crippen LogP contribution in [0.1, 0.15) is 15.9 Å². The molecule has 3 N–H and O–H groups in total. The Balaban J connectivity index is 2.15. The number of nitrogens with two attached hydrogens (primary N) is 1. The van der Waals surface area contributed by atoms with E-state index in [-0.39, 0.29) is 5.91 Å². The SMILES string of the molecule is Cc1ccc(NC(=O)c2csc(I)c2)cc1N. The summed E-state index contributed by atoms with van der Waals surface area (Å²) in [4.78, 5) is 11.9. The molecule has 0 fully saturated rings. The second-order valence-corrected chi connectivity index (χ2v) is 6.47. The lowest BCUT2D eigenvalue weighted by atomic mass is 10.2. The fourth-order valence-corrected chi connectivity index (χ4v) is 2.68. The maximum absolute atomic E-state index is 11.9. The number of amides is 1. The van der Waals surface area contributed by atoms with E-state index < -0.39 is 0 Å². The van der Waals surface area contributed by atoms with E-state index in [0.29, 0.717) is 11.3 Å². The van der Waals surface area contributed by atoms with Crippen LogP contribution >= 0.6 is 33.9 Å². The van der Waals surface area contributed by atoms with Crippen LogP contribution in [0.5, 0.6) is 0 Å². The van der Waals surface area contributed by atoms with Gasteiger partial charge in [0.1, 0.15) is 0 Å². The molecule has 2 aromatic rings. The lowest BCUT2D eigenvalue weighted by Crippen LogP contribution is -2.11. The third kappa shape index (κ3) is 2.98. The molecule has 1 aromatic heterocycles. The third-order valence-corrected chi connectivity index (χ3v) is 4.16. The summed E-state index contributed by atoms with van der Waals surface area (Å²) in [5, 5.41) is 4.67. The zero-order chi connectivity index (χ0) is 12.4. The van der Waals surface area contributed by atoms with Crippen molar-refractivity contribution in [1.82, 2.24) is 0 Å². The van der Waals surface area contributed by atoms with Gasteiger partial charge >= 0.3 is 0 Å². The normalized spacial score (nSPS) is 10.2. The summed E-state index contributed by atoms with van der Waals surface area (Å²) in [5.74, 6) is -0.104. The highest BCUT2D eigenvalue weighted by atomic mass is 127. The predicted molar refractivity (Wildman–Crippen MR) is 80.6 cm³/mol. The Kier molecular flexibility index (Phi) is 3.68. The molecule has 17 heavy (non-hydrogen) atoms. The molecule has 2 rings (SSSR count). The summed E-state index contributed by atoms with van der Waals surface area (Å²) in [6, 6.07) is 7.37. The fourth-order valence-electron chi connectivity index (χ4n) is 1.35. The first-order valence-electron chi connectivity index (χ1n) is 4.98. The Bertz CT molecular complexity index is 565. The van der Waals surface area contributed by atoms with Crippen molar-refractivity contribution in [1.29, 1.82) is 0 Å². The fraction of sp³-hybridized carbons (Fsp3) is 0.0833. The smallest absolute Gasteiger partial charge is 0.256 e. The van der Waals surface area contributed by atoms with E-state index in [1.54, 1.807) is 17.4 Å². The summed E-state index contributed by atoms with van der Waals surface area (Å²) in [6.45, 7) is 1.93. The highest BCUT2D eigenvalue weighted by Gasteiger charge is 2.08. The number of nitrogen functional groups attached to an aromatic ring is 1. The highest BCUT2D eigenvalue weighted by molar-refractivity contribution is 14.1. The molecule has 0 bridgehead atoms. The number of anilines is 2. The van der Waals surface area contributed by atoms with Crippen LogP contribution in [-0.4, -0.2) is 5.91 Å². The molecule has 0 aliphatic carbocycles. The van der Waals surface area contributed by atoms with E-state index in [4.69, 9.17) is 5.73 Å². The molecule has 1 amide bonds. The number of benzene rings is 1. The molecule has 1 aromatic carbocycles. The van der Waals surface area contributed by atoms with Crippen LogP contribution < -0.4 is 11.1 Å². The number of nitrogens with one attached hydrogen (secondary N) is 1. The maximum Gasteiger partial charge on any atom is 0.256 e. The van der Waals surface area contributed by atoms with Crippen LogP contribution in [-0.2, 0) is 0 Å². The molecule has 1 heterocycles. The van der Waals surface area contributed by atoms with Crippen molar-refractivity contribution in [2.24, 2.45) is 0 Å². The third-order valence-electron chi connectivity index (χ3n) is 2.37. The summed E-state index contributed by atoms with van der Waals surface area (Å²) in [5.41, 5.74) is 8.88. The summed E-state index contributed by atoms with van der Waals surface area (Å²) in [6.07, 6.45) is 0. The minimum absolute atomic E-state index is 0.104. The molecule has 0 saturated heterocycles. The number of hydrogen-bond donors (Lipinski definition) is 2. The molecule has 0 spiro atoms. The van der Waals surface area contributed by atoms with Gasteiger partial charge in [-0.2, -0.15) is 0 Å². The van der Waals surface area contributed by atoms with E-state index in [1.807, 2.05) is 30.5 Å². The van der Waals surface area contributed by atoms with Crippen molar-refractivity contribution in [3.05, 3.63) is 43.7 Å². The van der Waals surface area contributed by atoms with Crippen LogP contribution in [0.25, 0.3) is 0 Å². The molecule has 88 valence electrons. The molecule has 0 radical (unpaired) electrons.